The fourth-order valence-electron chi connectivity index (χ4n) is 1.78. The van der Waals surface area contributed by atoms with E-state index in [9.17, 15) is 0 Å². The van der Waals surface area contributed by atoms with Gasteiger partial charge in [0.1, 0.15) is 0 Å². The number of halogens is 2. The molecule has 0 saturated heterocycles. The molecule has 3 rings (SSSR count). The van der Waals surface area contributed by atoms with E-state index in [1.54, 1.807) is 6.20 Å². The van der Waals surface area contributed by atoms with E-state index in [1.165, 1.54) is 35.4 Å². The molecule has 1 N–H and O–H groups in total. The second kappa shape index (κ2) is 4.34. The quantitative estimate of drug-likeness (QED) is 0.662. The van der Waals surface area contributed by atoms with E-state index in [1.807, 2.05) is 11.0 Å². The van der Waals surface area contributed by atoms with Crippen molar-refractivity contribution in [2.75, 3.05) is 4.90 Å². The Morgan fingerprint density at radius 2 is 2.18 bits per heavy atom. The molecule has 1 aromatic rings. The first-order valence-corrected chi connectivity index (χ1v) is 7.51. The third-order valence-corrected chi connectivity index (χ3v) is 5.33. The van der Waals surface area contributed by atoms with E-state index in [-0.39, 0.29) is 4.83 Å². The van der Waals surface area contributed by atoms with Gasteiger partial charge in [-0.1, -0.05) is 0 Å². The molecule has 7 heteroatoms. The van der Waals surface area contributed by atoms with Gasteiger partial charge in [0.05, 0.1) is 0 Å². The van der Waals surface area contributed by atoms with Gasteiger partial charge < -0.3 is 0 Å². The molecular weight excluding hydrogens is 322 g/mol. The number of aromatic nitrogens is 2. The molecule has 0 amide bonds. The van der Waals surface area contributed by atoms with Crippen LogP contribution in [0.15, 0.2) is 22.3 Å². The number of H-pyrrole nitrogens is 1. The van der Waals surface area contributed by atoms with E-state index in [0.717, 1.165) is 5.82 Å². The second-order valence-electron chi connectivity index (χ2n) is 4.18. The first kappa shape index (κ1) is 11.6. The summed E-state index contributed by atoms with van der Waals surface area (Å²) in [6.45, 7) is 0. The average Bonchev–Trinajstić information content (AvgIpc) is 3.05. The first-order valence-electron chi connectivity index (χ1n) is 5.36. The first-order chi connectivity index (χ1) is 8.16. The minimum atomic E-state index is 0.0320. The van der Waals surface area contributed by atoms with Gasteiger partial charge in [-0.2, -0.15) is 0 Å². The maximum absolute atomic E-state index is 6.11. The summed E-state index contributed by atoms with van der Waals surface area (Å²) in [6.07, 6.45) is 4.08. The van der Waals surface area contributed by atoms with Crippen LogP contribution in [0.4, 0.5) is 5.82 Å². The van der Waals surface area contributed by atoms with Gasteiger partial charge in [-0.3, -0.25) is 0 Å². The van der Waals surface area contributed by atoms with Gasteiger partial charge in [0.25, 0.3) is 0 Å². The third-order valence-electron chi connectivity index (χ3n) is 2.90. The summed E-state index contributed by atoms with van der Waals surface area (Å²) in [4.78, 5) is 5.94. The van der Waals surface area contributed by atoms with Crippen LogP contribution < -0.4 is 4.90 Å². The number of nitrogens with zero attached hydrogens (tertiary/aromatic N) is 3. The zero-order valence-corrected chi connectivity index (χ0v) is 12.8. The minimum absolute atomic E-state index is 0.0320. The molecule has 2 heterocycles. The molecule has 2 aliphatic rings. The zero-order chi connectivity index (χ0) is 12.0. The van der Waals surface area contributed by atoms with Gasteiger partial charge in [0.2, 0.25) is 0 Å². The summed E-state index contributed by atoms with van der Waals surface area (Å²) in [5.41, 5.74) is 1.18. The third kappa shape index (κ3) is 2.14. The zero-order valence-electron chi connectivity index (χ0n) is 8.90. The molecule has 17 heavy (non-hydrogen) atoms. The standard InChI is InChI=1S/C10H11AsCl2N4/c11-9-6(12)4-14-10(13)17(9)8-3-7(15-16-8)5-1-2-5/h3-5,9H,1-2,11H2,(H,15,16). The summed E-state index contributed by atoms with van der Waals surface area (Å²) in [6, 6.07) is 2.04. The van der Waals surface area contributed by atoms with Crippen LogP contribution in [0, 0.1) is 0 Å². The number of aliphatic imine (C=N–C) groups is 1. The summed E-state index contributed by atoms with van der Waals surface area (Å²) < 4.78 is 0. The van der Waals surface area contributed by atoms with Crippen molar-refractivity contribution in [2.24, 2.45) is 4.99 Å². The van der Waals surface area contributed by atoms with Crippen molar-refractivity contribution >= 4 is 51.2 Å². The van der Waals surface area contributed by atoms with Crippen molar-refractivity contribution in [3.63, 3.8) is 0 Å². The van der Waals surface area contributed by atoms with E-state index in [4.69, 9.17) is 23.2 Å². The maximum atomic E-state index is 6.11. The van der Waals surface area contributed by atoms with Gasteiger partial charge in [-0.05, 0) is 0 Å². The molecule has 0 radical (unpaired) electrons. The van der Waals surface area contributed by atoms with Crippen LogP contribution in [0.3, 0.4) is 0 Å². The van der Waals surface area contributed by atoms with Crippen LogP contribution in [-0.4, -0.2) is 37.2 Å². The molecule has 4 nitrogen and oxygen atoms in total. The van der Waals surface area contributed by atoms with E-state index < -0.39 is 0 Å². The predicted octanol–water partition coefficient (Wildman–Crippen LogP) is 1.74. The van der Waals surface area contributed by atoms with Crippen molar-refractivity contribution in [3.8, 4) is 0 Å². The van der Waals surface area contributed by atoms with Crippen LogP contribution in [0.5, 0.6) is 0 Å². The predicted molar refractivity (Wildman–Crippen MR) is 72.6 cm³/mol. The number of amidine groups is 1. The van der Waals surface area contributed by atoms with Crippen molar-refractivity contribution < 1.29 is 0 Å². The second-order valence-corrected chi connectivity index (χ2v) is 6.28. The molecular formula is C10H11AsCl2N4. The Morgan fingerprint density at radius 3 is 2.88 bits per heavy atom. The van der Waals surface area contributed by atoms with E-state index >= 15 is 0 Å². The molecule has 1 aliphatic heterocycles. The Morgan fingerprint density at radius 1 is 1.41 bits per heavy atom. The fourth-order valence-corrected chi connectivity index (χ4v) is 3.16. The van der Waals surface area contributed by atoms with Crippen molar-refractivity contribution in [2.45, 2.75) is 23.6 Å². The molecule has 0 bridgehead atoms. The Bertz CT molecular complexity index is 506. The molecule has 2 atom stereocenters. The van der Waals surface area contributed by atoms with Crippen molar-refractivity contribution in [1.29, 1.82) is 0 Å². The SMILES string of the molecule is ClC1=CN=C(Cl)N(c2cc(C3CC3)[nH]n2)C1[AsH2]. The Hall–Kier alpha value is -0.442. The van der Waals surface area contributed by atoms with E-state index in [2.05, 4.69) is 15.2 Å². The monoisotopic (exact) mass is 332 g/mol. The Labute approximate surface area is 118 Å². The number of nitrogens with one attached hydrogen (secondary N) is 1. The van der Waals surface area contributed by atoms with Crippen LogP contribution in [-0.2, 0) is 0 Å². The van der Waals surface area contributed by atoms with Crippen LogP contribution in [0.25, 0.3) is 0 Å². The van der Waals surface area contributed by atoms with Gasteiger partial charge >= 0.3 is 118 Å². The molecule has 0 spiro atoms. The molecule has 1 saturated carbocycles. The average molecular weight is 333 g/mol. The molecule has 90 valence electrons. The summed E-state index contributed by atoms with van der Waals surface area (Å²) in [5.74, 6) is 1.44. The van der Waals surface area contributed by atoms with Gasteiger partial charge in [0.15, 0.2) is 0 Å². The number of hydrogen-bond donors (Lipinski definition) is 1. The van der Waals surface area contributed by atoms with Crippen LogP contribution in [0.1, 0.15) is 24.5 Å². The van der Waals surface area contributed by atoms with Gasteiger partial charge in [-0.25, -0.2) is 0 Å². The summed E-state index contributed by atoms with van der Waals surface area (Å²) >= 11 is 13.7. The molecule has 1 aliphatic carbocycles. The molecule has 2 unspecified atom stereocenters. The van der Waals surface area contributed by atoms with E-state index in [0.29, 0.717) is 16.2 Å². The summed E-state index contributed by atoms with van der Waals surface area (Å²) in [5, 5.41) is 8.46. The molecule has 1 fully saturated rings. The molecule has 1 aromatic heterocycles. The number of rotatable bonds is 2. The Balaban J connectivity index is 1.91. The molecule has 0 aromatic carbocycles. The van der Waals surface area contributed by atoms with Gasteiger partial charge in [0, 0.05) is 0 Å². The summed E-state index contributed by atoms with van der Waals surface area (Å²) in [7, 11) is 0. The van der Waals surface area contributed by atoms with Crippen molar-refractivity contribution in [3.05, 3.63) is 23.0 Å². The van der Waals surface area contributed by atoms with Gasteiger partial charge in [-0.15, -0.1) is 0 Å². The number of aromatic amines is 1. The number of anilines is 1. The van der Waals surface area contributed by atoms with Crippen molar-refractivity contribution in [1.82, 2.24) is 10.2 Å². The van der Waals surface area contributed by atoms with Crippen LogP contribution >= 0.6 is 23.2 Å². The van der Waals surface area contributed by atoms with Crippen LogP contribution in [0.2, 0.25) is 0 Å². The number of hydrogen-bond acceptors (Lipinski definition) is 3. The topological polar surface area (TPSA) is 44.3 Å². The normalized spacial score (nSPS) is 24.6. The Kier molecular flexibility index (Phi) is 2.97. The fraction of sp³-hybridized carbons (Fsp3) is 0.400.